The van der Waals surface area contributed by atoms with E-state index in [1.165, 1.54) is 0 Å². The first-order valence-corrected chi connectivity index (χ1v) is 9.25. The highest BCUT2D eigenvalue weighted by atomic mass is 16.5. The second-order valence-electron chi connectivity index (χ2n) is 7.06. The Bertz CT molecular complexity index is 796. The van der Waals surface area contributed by atoms with Crippen LogP contribution in [0.3, 0.4) is 0 Å². The smallest absolute Gasteiger partial charge is 0.269 e. The lowest BCUT2D eigenvalue weighted by molar-refractivity contribution is 0.122. The molecule has 2 saturated heterocycles. The van der Waals surface area contributed by atoms with Gasteiger partial charge >= 0.3 is 0 Å². The Balaban J connectivity index is 1.45. The number of morpholine rings is 1. The molecule has 8 heteroatoms. The molecule has 0 amide bonds. The predicted octanol–water partition coefficient (Wildman–Crippen LogP) is 1.21. The van der Waals surface area contributed by atoms with Crippen molar-refractivity contribution in [1.29, 1.82) is 0 Å². The van der Waals surface area contributed by atoms with Crippen LogP contribution in [0, 0.1) is 6.92 Å². The number of likely N-dealkylation sites (tertiary alicyclic amines) is 1. The highest BCUT2D eigenvalue weighted by Crippen LogP contribution is 2.22. The Morgan fingerprint density at radius 3 is 2.81 bits per heavy atom. The van der Waals surface area contributed by atoms with Gasteiger partial charge < -0.3 is 14.2 Å². The van der Waals surface area contributed by atoms with E-state index in [9.17, 15) is 4.79 Å². The number of aryl methyl sites for hydroxylation is 1. The first-order valence-electron chi connectivity index (χ1n) is 9.25. The molecule has 4 heterocycles. The zero-order valence-electron chi connectivity index (χ0n) is 15.1. The van der Waals surface area contributed by atoms with Crippen LogP contribution in [0.15, 0.2) is 27.6 Å². The molecule has 2 fully saturated rings. The van der Waals surface area contributed by atoms with Crippen molar-refractivity contribution >= 4 is 5.69 Å². The number of hydrogen-bond donors (Lipinski definition) is 0. The van der Waals surface area contributed by atoms with E-state index in [1.54, 1.807) is 10.7 Å². The van der Waals surface area contributed by atoms with Crippen LogP contribution in [0.25, 0.3) is 0 Å². The molecule has 0 aromatic carbocycles. The Morgan fingerprint density at radius 1 is 1.23 bits per heavy atom. The molecular formula is C18H25N5O3. The van der Waals surface area contributed by atoms with Crippen molar-refractivity contribution in [2.75, 3.05) is 44.3 Å². The van der Waals surface area contributed by atoms with Crippen molar-refractivity contribution in [2.24, 2.45) is 0 Å². The maximum Gasteiger partial charge on any atom is 0.269 e. The summed E-state index contributed by atoms with van der Waals surface area (Å²) in [5.41, 5.74) is 1.80. The molecule has 26 heavy (non-hydrogen) atoms. The van der Waals surface area contributed by atoms with Gasteiger partial charge in [-0.25, -0.2) is 4.68 Å². The van der Waals surface area contributed by atoms with Crippen LogP contribution in [0.5, 0.6) is 0 Å². The molecule has 0 aliphatic carbocycles. The van der Waals surface area contributed by atoms with Crippen LogP contribution in [-0.4, -0.2) is 59.2 Å². The SMILES string of the molecule is Cc1cc(CN2CCC[C@@H](n3ncc(N4CCOCC4)cc3=O)C2)no1. The van der Waals surface area contributed by atoms with E-state index in [0.29, 0.717) is 13.2 Å². The number of ether oxygens (including phenoxy) is 1. The van der Waals surface area contributed by atoms with E-state index in [2.05, 4.69) is 20.1 Å². The van der Waals surface area contributed by atoms with E-state index in [1.807, 2.05) is 19.2 Å². The van der Waals surface area contributed by atoms with E-state index in [-0.39, 0.29) is 11.6 Å². The average molecular weight is 359 g/mol. The van der Waals surface area contributed by atoms with Crippen LogP contribution < -0.4 is 10.5 Å². The molecule has 140 valence electrons. The van der Waals surface area contributed by atoms with Crippen molar-refractivity contribution in [3.63, 3.8) is 0 Å². The number of aromatic nitrogens is 3. The number of rotatable bonds is 4. The fraction of sp³-hybridized carbons (Fsp3) is 0.611. The Kier molecular flexibility index (Phi) is 5.03. The van der Waals surface area contributed by atoms with Gasteiger partial charge in [-0.1, -0.05) is 5.16 Å². The summed E-state index contributed by atoms with van der Waals surface area (Å²) in [5.74, 6) is 0.824. The number of piperidine rings is 1. The van der Waals surface area contributed by atoms with E-state index in [4.69, 9.17) is 9.26 Å². The first-order chi connectivity index (χ1) is 12.7. The highest BCUT2D eigenvalue weighted by molar-refractivity contribution is 5.43. The standard InChI is InChI=1S/C18H25N5O3/c1-14-9-15(20-26-14)12-21-4-2-3-16(13-21)23-18(24)10-17(11-19-23)22-5-7-25-8-6-22/h9-11,16H,2-8,12-13H2,1H3/t16-/m1/s1. The van der Waals surface area contributed by atoms with Gasteiger partial charge in [0.15, 0.2) is 0 Å². The molecule has 0 unspecified atom stereocenters. The van der Waals surface area contributed by atoms with E-state index < -0.39 is 0 Å². The molecule has 2 aromatic heterocycles. The van der Waals surface area contributed by atoms with Crippen molar-refractivity contribution in [3.8, 4) is 0 Å². The molecule has 8 nitrogen and oxygen atoms in total. The predicted molar refractivity (Wildman–Crippen MR) is 96.3 cm³/mol. The molecule has 0 bridgehead atoms. The summed E-state index contributed by atoms with van der Waals surface area (Å²) in [7, 11) is 0. The second-order valence-corrected chi connectivity index (χ2v) is 7.06. The molecule has 0 N–H and O–H groups in total. The molecule has 2 aliphatic heterocycles. The number of anilines is 1. The summed E-state index contributed by atoms with van der Waals surface area (Å²) < 4.78 is 12.2. The lowest BCUT2D eigenvalue weighted by Gasteiger charge is -2.33. The van der Waals surface area contributed by atoms with Crippen molar-refractivity contribution in [3.05, 3.63) is 40.1 Å². The van der Waals surface area contributed by atoms with Crippen LogP contribution >= 0.6 is 0 Å². The third kappa shape index (κ3) is 3.81. The Labute approximate surface area is 152 Å². The third-order valence-electron chi connectivity index (χ3n) is 5.08. The maximum absolute atomic E-state index is 12.6. The van der Waals surface area contributed by atoms with Crippen LogP contribution in [0.2, 0.25) is 0 Å². The summed E-state index contributed by atoms with van der Waals surface area (Å²) in [6.45, 7) is 7.45. The fourth-order valence-electron chi connectivity index (χ4n) is 3.77. The van der Waals surface area contributed by atoms with Gasteiger partial charge in [-0.3, -0.25) is 9.69 Å². The van der Waals surface area contributed by atoms with Gasteiger partial charge in [-0.2, -0.15) is 5.10 Å². The van der Waals surface area contributed by atoms with Gasteiger partial charge in [0, 0.05) is 38.3 Å². The van der Waals surface area contributed by atoms with Gasteiger partial charge in [0.05, 0.1) is 36.8 Å². The molecule has 0 saturated carbocycles. The molecular weight excluding hydrogens is 334 g/mol. The topological polar surface area (TPSA) is 76.6 Å². The van der Waals surface area contributed by atoms with Gasteiger partial charge in [0.2, 0.25) is 0 Å². The zero-order valence-corrected chi connectivity index (χ0v) is 15.1. The zero-order chi connectivity index (χ0) is 17.9. The molecule has 2 aromatic rings. The number of hydrogen-bond acceptors (Lipinski definition) is 7. The first kappa shape index (κ1) is 17.2. The molecule has 0 radical (unpaired) electrons. The summed E-state index contributed by atoms with van der Waals surface area (Å²) in [4.78, 5) is 17.1. The summed E-state index contributed by atoms with van der Waals surface area (Å²) in [6.07, 6.45) is 3.83. The Hall–Kier alpha value is -2.19. The second kappa shape index (κ2) is 7.59. The van der Waals surface area contributed by atoms with Gasteiger partial charge in [-0.15, -0.1) is 0 Å². The Morgan fingerprint density at radius 2 is 2.08 bits per heavy atom. The van der Waals surface area contributed by atoms with Gasteiger partial charge in [0.25, 0.3) is 5.56 Å². The van der Waals surface area contributed by atoms with Crippen LogP contribution in [0.1, 0.15) is 30.3 Å². The van der Waals surface area contributed by atoms with Crippen LogP contribution in [-0.2, 0) is 11.3 Å². The lowest BCUT2D eigenvalue weighted by Crippen LogP contribution is -2.41. The fourth-order valence-corrected chi connectivity index (χ4v) is 3.77. The normalized spacial score (nSPS) is 21.9. The summed E-state index contributed by atoms with van der Waals surface area (Å²) >= 11 is 0. The monoisotopic (exact) mass is 359 g/mol. The minimum atomic E-state index is -0.0295. The van der Waals surface area contributed by atoms with E-state index >= 15 is 0 Å². The summed E-state index contributed by atoms with van der Waals surface area (Å²) in [5, 5.41) is 8.56. The largest absolute Gasteiger partial charge is 0.378 e. The van der Waals surface area contributed by atoms with Crippen molar-refractivity contribution < 1.29 is 9.26 Å². The minimum absolute atomic E-state index is 0.0295. The summed E-state index contributed by atoms with van der Waals surface area (Å²) in [6, 6.07) is 3.77. The van der Waals surface area contributed by atoms with Gasteiger partial charge in [-0.05, 0) is 26.3 Å². The molecule has 1 atom stereocenters. The maximum atomic E-state index is 12.6. The lowest BCUT2D eigenvalue weighted by atomic mass is 10.1. The highest BCUT2D eigenvalue weighted by Gasteiger charge is 2.24. The third-order valence-corrected chi connectivity index (χ3v) is 5.08. The van der Waals surface area contributed by atoms with Crippen molar-refractivity contribution in [1.82, 2.24) is 19.8 Å². The molecule has 0 spiro atoms. The quantitative estimate of drug-likeness (QED) is 0.812. The number of nitrogens with zero attached hydrogens (tertiary/aromatic N) is 5. The van der Waals surface area contributed by atoms with E-state index in [0.717, 1.165) is 62.7 Å². The molecule has 4 rings (SSSR count). The minimum Gasteiger partial charge on any atom is -0.378 e. The molecule has 2 aliphatic rings. The van der Waals surface area contributed by atoms with Crippen molar-refractivity contribution in [2.45, 2.75) is 32.4 Å². The van der Waals surface area contributed by atoms with Crippen LogP contribution in [0.4, 0.5) is 5.69 Å². The average Bonchev–Trinajstić information content (AvgIpc) is 3.07. The van der Waals surface area contributed by atoms with Gasteiger partial charge in [0.1, 0.15) is 5.76 Å².